The Balaban J connectivity index is 0.00000480. The lowest BCUT2D eigenvalue weighted by atomic mass is 10.1. The van der Waals surface area contributed by atoms with Gasteiger partial charge in [0.25, 0.3) is 5.91 Å². The molecule has 0 saturated heterocycles. The molecule has 2 N–H and O–H groups in total. The first-order valence-electron chi connectivity index (χ1n) is 9.21. The highest BCUT2D eigenvalue weighted by Crippen LogP contribution is 2.29. The molecular weight excluding hydrogens is 524 g/mol. The number of halogens is 4. The van der Waals surface area contributed by atoms with Gasteiger partial charge in [0.1, 0.15) is 5.75 Å². The lowest BCUT2D eigenvalue weighted by Crippen LogP contribution is -2.36. The van der Waals surface area contributed by atoms with Gasteiger partial charge in [-0.1, -0.05) is 24.3 Å². The Hall–Kier alpha value is -2.50. The summed E-state index contributed by atoms with van der Waals surface area (Å²) in [6, 6.07) is 12.4. The molecule has 0 radical (unpaired) electrons. The van der Waals surface area contributed by atoms with E-state index in [9.17, 15) is 18.0 Å². The van der Waals surface area contributed by atoms with E-state index in [0.717, 1.165) is 17.7 Å². The maximum Gasteiger partial charge on any atom is 0.416 e. The van der Waals surface area contributed by atoms with Crippen molar-refractivity contribution in [3.8, 4) is 5.75 Å². The van der Waals surface area contributed by atoms with Crippen molar-refractivity contribution in [2.24, 2.45) is 4.99 Å². The highest BCUT2D eigenvalue weighted by Gasteiger charge is 2.30. The maximum absolute atomic E-state index is 12.8. The number of guanidine groups is 1. The van der Waals surface area contributed by atoms with Crippen LogP contribution in [0.4, 0.5) is 13.2 Å². The van der Waals surface area contributed by atoms with Crippen LogP contribution in [-0.4, -0.2) is 44.5 Å². The Morgan fingerprint density at radius 3 is 2.16 bits per heavy atom. The van der Waals surface area contributed by atoms with E-state index in [2.05, 4.69) is 15.6 Å². The molecule has 2 aromatic carbocycles. The molecule has 0 bridgehead atoms. The molecule has 0 fully saturated rings. The van der Waals surface area contributed by atoms with Gasteiger partial charge in [-0.15, -0.1) is 24.0 Å². The number of nitrogens with one attached hydrogen (secondary N) is 2. The van der Waals surface area contributed by atoms with Crippen LogP contribution in [0.5, 0.6) is 5.75 Å². The Labute approximate surface area is 196 Å². The summed E-state index contributed by atoms with van der Waals surface area (Å²) >= 11 is 0. The smallest absolute Gasteiger partial charge is 0.416 e. The summed E-state index contributed by atoms with van der Waals surface area (Å²) in [4.78, 5) is 17.2. The third kappa shape index (κ3) is 9.03. The quantitative estimate of drug-likeness (QED) is 0.314. The standard InChI is InChI=1S/C21H25F3N4O2.HI/c1-25-20(26-12-15-6-4-8-17(10-15)21(22,23)24)27-13-16-7-5-9-18(11-16)30-14-19(29)28(2)3;/h4-11H,12-14H2,1-3H3,(H2,25,26,27);1H. The van der Waals surface area contributed by atoms with Gasteiger partial charge in [-0.3, -0.25) is 9.79 Å². The first kappa shape index (κ1) is 26.5. The molecule has 2 aromatic rings. The van der Waals surface area contributed by atoms with Crippen molar-refractivity contribution in [2.45, 2.75) is 19.3 Å². The molecule has 0 aliphatic rings. The van der Waals surface area contributed by atoms with Crippen LogP contribution in [0.2, 0.25) is 0 Å². The lowest BCUT2D eigenvalue weighted by molar-refractivity contribution is -0.137. The summed E-state index contributed by atoms with van der Waals surface area (Å²) in [6.07, 6.45) is -4.37. The molecule has 170 valence electrons. The monoisotopic (exact) mass is 550 g/mol. The predicted molar refractivity (Wildman–Crippen MR) is 125 cm³/mol. The van der Waals surface area contributed by atoms with Gasteiger partial charge in [0.2, 0.25) is 0 Å². The zero-order chi connectivity index (χ0) is 22.1. The van der Waals surface area contributed by atoms with Crippen LogP contribution in [-0.2, 0) is 24.1 Å². The highest BCUT2D eigenvalue weighted by atomic mass is 127. The topological polar surface area (TPSA) is 66.0 Å². The van der Waals surface area contributed by atoms with Crippen molar-refractivity contribution >= 4 is 35.8 Å². The number of nitrogens with zero attached hydrogens (tertiary/aromatic N) is 2. The molecule has 0 saturated carbocycles. The Morgan fingerprint density at radius 2 is 1.61 bits per heavy atom. The molecule has 31 heavy (non-hydrogen) atoms. The van der Waals surface area contributed by atoms with E-state index >= 15 is 0 Å². The van der Waals surface area contributed by atoms with Crippen molar-refractivity contribution < 1.29 is 22.7 Å². The molecule has 0 aromatic heterocycles. The fraction of sp³-hybridized carbons (Fsp3) is 0.333. The van der Waals surface area contributed by atoms with Crippen LogP contribution >= 0.6 is 24.0 Å². The van der Waals surface area contributed by atoms with Crippen LogP contribution in [0, 0.1) is 0 Å². The van der Waals surface area contributed by atoms with Crippen LogP contribution in [0.15, 0.2) is 53.5 Å². The lowest BCUT2D eigenvalue weighted by Gasteiger charge is -2.14. The molecule has 2 rings (SSSR count). The van der Waals surface area contributed by atoms with Gasteiger partial charge in [0.15, 0.2) is 12.6 Å². The molecule has 0 heterocycles. The number of carbonyl (C=O) groups is 1. The van der Waals surface area contributed by atoms with E-state index in [4.69, 9.17) is 4.74 Å². The summed E-state index contributed by atoms with van der Waals surface area (Å²) in [5.41, 5.74) is 0.704. The number of alkyl halides is 3. The fourth-order valence-electron chi connectivity index (χ4n) is 2.47. The number of likely N-dealkylation sites (N-methyl/N-ethyl adjacent to an activating group) is 1. The number of carbonyl (C=O) groups excluding carboxylic acids is 1. The van der Waals surface area contributed by atoms with Gasteiger partial charge >= 0.3 is 6.18 Å². The molecule has 0 spiro atoms. The number of hydrogen-bond donors (Lipinski definition) is 2. The van der Waals surface area contributed by atoms with Gasteiger partial charge in [-0.25, -0.2) is 0 Å². The Kier molecular flexibility index (Phi) is 10.6. The Bertz CT molecular complexity index is 889. The minimum atomic E-state index is -4.37. The van der Waals surface area contributed by atoms with Crippen molar-refractivity contribution in [1.29, 1.82) is 0 Å². The molecule has 1 amide bonds. The minimum absolute atomic E-state index is 0. The largest absolute Gasteiger partial charge is 0.484 e. The van der Waals surface area contributed by atoms with Crippen LogP contribution in [0.1, 0.15) is 16.7 Å². The first-order valence-corrected chi connectivity index (χ1v) is 9.21. The van der Waals surface area contributed by atoms with Crippen molar-refractivity contribution in [2.75, 3.05) is 27.7 Å². The number of ether oxygens (including phenoxy) is 1. The van der Waals surface area contributed by atoms with Gasteiger partial charge in [-0.05, 0) is 35.4 Å². The van der Waals surface area contributed by atoms with Gasteiger partial charge < -0.3 is 20.3 Å². The number of amides is 1. The number of hydrogen-bond acceptors (Lipinski definition) is 3. The SMILES string of the molecule is CN=C(NCc1cccc(OCC(=O)N(C)C)c1)NCc1cccc(C(F)(F)F)c1.I. The normalized spacial score (nSPS) is 11.4. The molecule has 10 heteroatoms. The molecule has 0 aliphatic carbocycles. The summed E-state index contributed by atoms with van der Waals surface area (Å²) in [5.74, 6) is 0.871. The van der Waals surface area contributed by atoms with E-state index in [1.54, 1.807) is 39.3 Å². The van der Waals surface area contributed by atoms with E-state index in [0.29, 0.717) is 23.8 Å². The maximum atomic E-state index is 12.8. The average Bonchev–Trinajstić information content (AvgIpc) is 2.72. The third-order valence-corrected chi connectivity index (χ3v) is 4.16. The van der Waals surface area contributed by atoms with E-state index in [1.807, 2.05) is 12.1 Å². The third-order valence-electron chi connectivity index (χ3n) is 4.16. The van der Waals surface area contributed by atoms with Crippen LogP contribution in [0.25, 0.3) is 0 Å². The summed E-state index contributed by atoms with van der Waals surface area (Å²) < 4.78 is 44.0. The minimum Gasteiger partial charge on any atom is -0.484 e. The molecule has 0 unspecified atom stereocenters. The Morgan fingerprint density at radius 1 is 1.03 bits per heavy atom. The van der Waals surface area contributed by atoms with E-state index in [1.165, 1.54) is 11.0 Å². The zero-order valence-electron chi connectivity index (χ0n) is 17.5. The fourth-order valence-corrected chi connectivity index (χ4v) is 2.47. The van der Waals surface area contributed by atoms with Gasteiger partial charge in [0.05, 0.1) is 5.56 Å². The molecule has 6 nitrogen and oxygen atoms in total. The summed E-state index contributed by atoms with van der Waals surface area (Å²) in [5, 5.41) is 6.09. The molecule has 0 aliphatic heterocycles. The number of rotatable bonds is 7. The summed E-state index contributed by atoms with van der Waals surface area (Å²) in [6.45, 7) is 0.560. The van der Waals surface area contributed by atoms with E-state index < -0.39 is 11.7 Å². The predicted octanol–water partition coefficient (Wildman–Crippen LogP) is 3.66. The van der Waals surface area contributed by atoms with Crippen LogP contribution in [0.3, 0.4) is 0 Å². The van der Waals surface area contributed by atoms with Crippen molar-refractivity contribution in [1.82, 2.24) is 15.5 Å². The van der Waals surface area contributed by atoms with Crippen molar-refractivity contribution in [3.05, 3.63) is 65.2 Å². The second kappa shape index (κ2) is 12.4. The van der Waals surface area contributed by atoms with E-state index in [-0.39, 0.29) is 43.0 Å². The van der Waals surface area contributed by atoms with Crippen LogP contribution < -0.4 is 15.4 Å². The second-order valence-electron chi connectivity index (χ2n) is 6.70. The zero-order valence-corrected chi connectivity index (χ0v) is 19.8. The first-order chi connectivity index (χ1) is 14.2. The van der Waals surface area contributed by atoms with Crippen molar-refractivity contribution in [3.63, 3.8) is 0 Å². The second-order valence-corrected chi connectivity index (χ2v) is 6.70. The molecule has 0 atom stereocenters. The average molecular weight is 550 g/mol. The molecular formula is C21H26F3IN4O2. The summed E-state index contributed by atoms with van der Waals surface area (Å²) in [7, 11) is 4.89. The number of aliphatic imine (C=N–C) groups is 1. The highest BCUT2D eigenvalue weighted by molar-refractivity contribution is 14.0. The number of benzene rings is 2. The van der Waals surface area contributed by atoms with Gasteiger partial charge in [0, 0.05) is 34.2 Å². The van der Waals surface area contributed by atoms with Gasteiger partial charge in [-0.2, -0.15) is 13.2 Å².